The van der Waals surface area contributed by atoms with Gasteiger partial charge in [-0.2, -0.15) is 0 Å². The maximum atomic E-state index is 13.1. The van der Waals surface area contributed by atoms with Gasteiger partial charge in [0.1, 0.15) is 16.6 Å². The van der Waals surface area contributed by atoms with Crippen molar-refractivity contribution in [3.8, 4) is 5.75 Å². The molecule has 1 N–H and O–H groups in total. The molecule has 0 aliphatic carbocycles. The highest BCUT2D eigenvalue weighted by Crippen LogP contribution is 2.28. The Hall–Kier alpha value is -1.62. The van der Waals surface area contributed by atoms with Gasteiger partial charge >= 0.3 is 5.97 Å². The lowest BCUT2D eigenvalue weighted by molar-refractivity contribution is -0.131. The molecule has 1 aromatic rings. The van der Waals surface area contributed by atoms with E-state index in [1.807, 2.05) is 0 Å². The number of methoxy groups -OCH3 is 1. The van der Waals surface area contributed by atoms with Crippen LogP contribution >= 0.6 is 11.6 Å². The Labute approximate surface area is 89.2 Å². The summed E-state index contributed by atoms with van der Waals surface area (Å²) in [7, 11) is 1.23. The van der Waals surface area contributed by atoms with Gasteiger partial charge in [0, 0.05) is 5.56 Å². The number of rotatable bonds is 3. The summed E-state index contributed by atoms with van der Waals surface area (Å²) >= 11 is 5.49. The Morgan fingerprint density at radius 2 is 2.07 bits per heavy atom. The van der Waals surface area contributed by atoms with E-state index in [1.165, 1.54) is 7.11 Å². The Balaban J connectivity index is 3.28. The average molecular weight is 233 g/mol. The maximum absolute atomic E-state index is 13.1. The Kier molecular flexibility index (Phi) is 3.26. The molecule has 1 rings (SSSR count). The summed E-state index contributed by atoms with van der Waals surface area (Å²) in [5.74, 6) is -3.87. The lowest BCUT2D eigenvalue weighted by Crippen LogP contribution is -2.13. The molecule has 80 valence electrons. The van der Waals surface area contributed by atoms with Crippen molar-refractivity contribution < 1.29 is 23.8 Å². The Morgan fingerprint density at radius 3 is 2.53 bits per heavy atom. The van der Waals surface area contributed by atoms with E-state index in [0.717, 1.165) is 12.1 Å². The third-order valence-corrected chi connectivity index (χ3v) is 2.04. The van der Waals surface area contributed by atoms with E-state index in [2.05, 4.69) is 4.74 Å². The second-order valence-electron chi connectivity index (χ2n) is 2.61. The van der Waals surface area contributed by atoms with Gasteiger partial charge in [0.25, 0.3) is 5.78 Å². The molecule has 1 aromatic carbocycles. The van der Waals surface area contributed by atoms with Crippen LogP contribution in [-0.4, -0.2) is 24.0 Å². The second kappa shape index (κ2) is 4.27. The number of hydrogen-bond donors (Lipinski definition) is 1. The second-order valence-corrected chi connectivity index (χ2v) is 2.99. The van der Waals surface area contributed by atoms with Crippen molar-refractivity contribution in [3.05, 3.63) is 28.5 Å². The summed E-state index contributed by atoms with van der Waals surface area (Å²) in [4.78, 5) is 21.4. The van der Waals surface area contributed by atoms with Gasteiger partial charge < -0.3 is 9.84 Å². The van der Waals surface area contributed by atoms with Crippen molar-refractivity contribution in [2.75, 3.05) is 7.11 Å². The number of carbonyl (C=O) groups is 2. The number of carboxylic acid groups (broad SMARTS) is 1. The highest BCUT2D eigenvalue weighted by Gasteiger charge is 2.19. The molecule has 15 heavy (non-hydrogen) atoms. The van der Waals surface area contributed by atoms with Crippen molar-refractivity contribution in [3.63, 3.8) is 0 Å². The van der Waals surface area contributed by atoms with Gasteiger partial charge in [-0.3, -0.25) is 4.79 Å². The largest absolute Gasteiger partial charge is 0.495 e. The first kappa shape index (κ1) is 11.5. The summed E-state index contributed by atoms with van der Waals surface area (Å²) in [6, 6.07) is 1.82. The number of ether oxygens (including phenoxy) is 1. The number of aliphatic carboxylic acids is 1. The van der Waals surface area contributed by atoms with Crippen LogP contribution in [0.5, 0.6) is 5.75 Å². The van der Waals surface area contributed by atoms with E-state index in [9.17, 15) is 14.0 Å². The summed E-state index contributed by atoms with van der Waals surface area (Å²) in [6.45, 7) is 0. The lowest BCUT2D eigenvalue weighted by Gasteiger charge is -2.05. The molecule has 0 fully saturated rings. The predicted molar refractivity (Wildman–Crippen MR) is 49.9 cm³/mol. The highest BCUT2D eigenvalue weighted by molar-refractivity contribution is 6.40. The van der Waals surface area contributed by atoms with Gasteiger partial charge in [-0.25, -0.2) is 9.18 Å². The van der Waals surface area contributed by atoms with Gasteiger partial charge in [-0.15, -0.1) is 0 Å². The summed E-state index contributed by atoms with van der Waals surface area (Å²) in [6.07, 6.45) is 0. The quantitative estimate of drug-likeness (QED) is 0.637. The Bertz CT molecular complexity index is 430. The fraction of sp³-hybridized carbons (Fsp3) is 0.111. The third kappa shape index (κ3) is 2.24. The SMILES string of the molecule is COc1cc(C(=O)C(=O)O)cc(F)c1Cl. The molecule has 0 aromatic heterocycles. The zero-order chi connectivity index (χ0) is 11.6. The number of carboxylic acids is 1. The van der Waals surface area contributed by atoms with E-state index < -0.39 is 17.6 Å². The van der Waals surface area contributed by atoms with E-state index in [-0.39, 0.29) is 16.3 Å². The molecule has 0 spiro atoms. The van der Waals surface area contributed by atoms with Crippen molar-refractivity contribution in [1.82, 2.24) is 0 Å². The van der Waals surface area contributed by atoms with Gasteiger partial charge in [0.15, 0.2) is 0 Å². The van der Waals surface area contributed by atoms with Gasteiger partial charge in [0.2, 0.25) is 0 Å². The minimum absolute atomic E-state index is 0.0822. The molecule has 0 saturated carbocycles. The first-order valence-corrected chi connectivity index (χ1v) is 4.15. The molecule has 0 unspecified atom stereocenters. The standard InChI is InChI=1S/C9H6ClFO4/c1-15-6-3-4(8(12)9(13)14)2-5(11)7(6)10/h2-3H,1H3,(H,13,14). The van der Waals surface area contributed by atoms with Gasteiger partial charge in [0.05, 0.1) is 7.11 Å². The van der Waals surface area contributed by atoms with Gasteiger partial charge in [-0.1, -0.05) is 11.6 Å². The van der Waals surface area contributed by atoms with Crippen LogP contribution in [0.1, 0.15) is 10.4 Å². The molecule has 0 aliphatic heterocycles. The summed E-state index contributed by atoms with van der Waals surface area (Å²) < 4.78 is 17.8. The first-order chi connectivity index (χ1) is 6.97. The van der Waals surface area contributed by atoms with Crippen LogP contribution in [0.2, 0.25) is 5.02 Å². The minimum Gasteiger partial charge on any atom is -0.495 e. The zero-order valence-electron chi connectivity index (χ0n) is 7.58. The number of halogens is 2. The molecule has 0 amide bonds. The van der Waals surface area contributed by atoms with Crippen molar-refractivity contribution in [2.45, 2.75) is 0 Å². The molecule has 0 aliphatic rings. The molecule has 4 nitrogen and oxygen atoms in total. The van der Waals surface area contributed by atoms with Crippen LogP contribution in [-0.2, 0) is 4.79 Å². The van der Waals surface area contributed by atoms with Crippen LogP contribution in [0.15, 0.2) is 12.1 Å². The number of hydrogen-bond acceptors (Lipinski definition) is 3. The van der Waals surface area contributed by atoms with Crippen LogP contribution in [0.3, 0.4) is 0 Å². The van der Waals surface area contributed by atoms with Crippen LogP contribution in [0.25, 0.3) is 0 Å². The van der Waals surface area contributed by atoms with E-state index in [0.29, 0.717) is 0 Å². The molecule has 0 bridgehead atoms. The molecule has 0 saturated heterocycles. The maximum Gasteiger partial charge on any atom is 0.377 e. The van der Waals surface area contributed by atoms with E-state index in [4.69, 9.17) is 16.7 Å². The average Bonchev–Trinajstić information content (AvgIpc) is 2.20. The normalized spacial score (nSPS) is 9.80. The molecule has 6 heteroatoms. The van der Waals surface area contributed by atoms with Crippen LogP contribution in [0, 0.1) is 5.82 Å². The summed E-state index contributed by atoms with van der Waals surface area (Å²) in [5.41, 5.74) is -0.318. The van der Waals surface area contributed by atoms with Crippen molar-refractivity contribution >= 4 is 23.4 Å². The zero-order valence-corrected chi connectivity index (χ0v) is 8.34. The number of carbonyl (C=O) groups excluding carboxylic acids is 1. The third-order valence-electron chi connectivity index (χ3n) is 1.67. The highest BCUT2D eigenvalue weighted by atomic mass is 35.5. The lowest BCUT2D eigenvalue weighted by atomic mass is 10.1. The smallest absolute Gasteiger partial charge is 0.377 e. The fourth-order valence-corrected chi connectivity index (χ4v) is 1.15. The van der Waals surface area contributed by atoms with E-state index >= 15 is 0 Å². The van der Waals surface area contributed by atoms with Crippen LogP contribution < -0.4 is 4.74 Å². The van der Waals surface area contributed by atoms with Crippen molar-refractivity contribution in [2.24, 2.45) is 0 Å². The minimum atomic E-state index is -1.67. The van der Waals surface area contributed by atoms with Crippen molar-refractivity contribution in [1.29, 1.82) is 0 Å². The van der Waals surface area contributed by atoms with Gasteiger partial charge in [-0.05, 0) is 12.1 Å². The van der Waals surface area contributed by atoms with Crippen LogP contribution in [0.4, 0.5) is 4.39 Å². The molecular formula is C9H6ClFO4. The molecule has 0 heterocycles. The fourth-order valence-electron chi connectivity index (χ4n) is 0.967. The molecule has 0 atom stereocenters. The molecular weight excluding hydrogens is 227 g/mol. The number of ketones is 1. The number of Topliss-reactive ketones (excluding diaryl/α,β-unsaturated/α-hetero) is 1. The number of benzene rings is 1. The first-order valence-electron chi connectivity index (χ1n) is 3.78. The monoisotopic (exact) mass is 232 g/mol. The Morgan fingerprint density at radius 1 is 1.47 bits per heavy atom. The van der Waals surface area contributed by atoms with E-state index in [1.54, 1.807) is 0 Å². The summed E-state index contributed by atoms with van der Waals surface area (Å²) in [5, 5.41) is 8.12. The topological polar surface area (TPSA) is 63.6 Å². The predicted octanol–water partition coefficient (Wildman–Crippen LogP) is 1.76. The molecule has 0 radical (unpaired) electrons.